The van der Waals surface area contributed by atoms with Gasteiger partial charge in [-0.3, -0.25) is 0 Å². The molecule has 2 bridgehead atoms. The second-order valence-electron chi connectivity index (χ2n) is 3.49. The summed E-state index contributed by atoms with van der Waals surface area (Å²) in [6.45, 7) is 0. The quantitative estimate of drug-likeness (QED) is 0.536. The molecule has 13 heavy (non-hydrogen) atoms. The first kappa shape index (κ1) is 8.15. The second kappa shape index (κ2) is 2.51. The number of hydrogen-bond acceptors (Lipinski definition) is 2. The van der Waals surface area contributed by atoms with E-state index in [-0.39, 0.29) is 12.1 Å². The first-order valence-corrected chi connectivity index (χ1v) is 4.28. The number of nitrogens with zero attached hydrogens (tertiary/aromatic N) is 2. The lowest BCUT2D eigenvalue weighted by molar-refractivity contribution is 0.0286. The van der Waals surface area contributed by atoms with Gasteiger partial charge in [0.25, 0.3) is 0 Å². The summed E-state index contributed by atoms with van der Waals surface area (Å²) in [5.74, 6) is 0. The summed E-state index contributed by atoms with van der Waals surface area (Å²) in [6.07, 6.45) is 2.64. The van der Waals surface area contributed by atoms with Gasteiger partial charge in [-0.1, -0.05) is 0 Å². The minimum absolute atomic E-state index is 0.0787. The molecule has 1 saturated heterocycles. The van der Waals surface area contributed by atoms with Gasteiger partial charge in [-0.2, -0.15) is 0 Å². The third kappa shape index (κ3) is 1.01. The van der Waals surface area contributed by atoms with E-state index in [0.29, 0.717) is 0 Å². The lowest BCUT2D eigenvalue weighted by Gasteiger charge is -2.35. The minimum atomic E-state index is -0.592. The maximum Gasteiger partial charge on any atom is 0.334 e. The fraction of sp³-hybridized carbons (Fsp3) is 0.714. The van der Waals surface area contributed by atoms with E-state index in [0.717, 1.165) is 19.3 Å². The fourth-order valence-corrected chi connectivity index (χ4v) is 2.30. The molecule has 4 N–H and O–H groups in total. The molecule has 1 aliphatic heterocycles. The van der Waals surface area contributed by atoms with Crippen LogP contribution >= 0.6 is 0 Å². The smallest absolute Gasteiger partial charge is 0.334 e. The summed E-state index contributed by atoms with van der Waals surface area (Å²) in [5.41, 5.74) is 10.3. The van der Waals surface area contributed by atoms with Gasteiger partial charge in [-0.05, 0) is 19.3 Å². The summed E-state index contributed by atoms with van der Waals surface area (Å²) in [4.78, 5) is 22.0. The zero-order valence-electron chi connectivity index (χ0n) is 7.14. The van der Waals surface area contributed by atoms with E-state index in [9.17, 15) is 9.59 Å². The summed E-state index contributed by atoms with van der Waals surface area (Å²) in [7, 11) is 0. The van der Waals surface area contributed by atoms with E-state index in [1.807, 2.05) is 0 Å². The molecule has 0 radical (unpaired) electrons. The van der Waals surface area contributed by atoms with Crippen molar-refractivity contribution in [3.05, 3.63) is 0 Å². The van der Waals surface area contributed by atoms with Gasteiger partial charge in [0.05, 0.1) is 12.1 Å². The largest absolute Gasteiger partial charge is 0.350 e. The molecule has 4 amide bonds. The number of hydrogen-bond donors (Lipinski definition) is 2. The van der Waals surface area contributed by atoms with Gasteiger partial charge in [-0.25, -0.2) is 19.6 Å². The molecule has 1 heterocycles. The molecule has 2 fully saturated rings. The number of rotatable bonds is 0. The van der Waals surface area contributed by atoms with Crippen molar-refractivity contribution in [2.75, 3.05) is 0 Å². The Morgan fingerprint density at radius 1 is 1.00 bits per heavy atom. The highest BCUT2D eigenvalue weighted by Crippen LogP contribution is 2.36. The maximum absolute atomic E-state index is 11.0. The highest BCUT2D eigenvalue weighted by molar-refractivity contribution is 5.79. The molecule has 2 atom stereocenters. The van der Waals surface area contributed by atoms with Crippen LogP contribution in [-0.4, -0.2) is 34.2 Å². The Morgan fingerprint density at radius 2 is 1.38 bits per heavy atom. The van der Waals surface area contributed by atoms with E-state index in [1.54, 1.807) is 0 Å². The van der Waals surface area contributed by atoms with Crippen LogP contribution in [0, 0.1) is 0 Å². The number of carbonyl (C=O) groups excluding carboxylic acids is 2. The topological polar surface area (TPSA) is 92.7 Å². The second-order valence-corrected chi connectivity index (χ2v) is 3.49. The monoisotopic (exact) mass is 184 g/mol. The maximum atomic E-state index is 11.0. The number of amides is 4. The van der Waals surface area contributed by atoms with Gasteiger partial charge in [-0.15, -0.1) is 0 Å². The molecule has 2 rings (SSSR count). The molecule has 2 aliphatic rings. The summed E-state index contributed by atoms with van der Waals surface area (Å²) < 4.78 is 0. The molecule has 0 aromatic rings. The Balaban J connectivity index is 2.24. The van der Waals surface area contributed by atoms with E-state index in [2.05, 4.69) is 0 Å². The summed E-state index contributed by atoms with van der Waals surface area (Å²) >= 11 is 0. The first-order chi connectivity index (χ1) is 6.11. The van der Waals surface area contributed by atoms with Crippen molar-refractivity contribution in [1.82, 2.24) is 10.0 Å². The van der Waals surface area contributed by atoms with Crippen LogP contribution in [0.15, 0.2) is 0 Å². The van der Waals surface area contributed by atoms with E-state index < -0.39 is 12.1 Å². The molecular formula is C7H12N4O2. The molecular weight excluding hydrogens is 172 g/mol. The van der Waals surface area contributed by atoms with Crippen molar-refractivity contribution in [3.63, 3.8) is 0 Å². The molecule has 0 spiro atoms. The Bertz CT molecular complexity index is 241. The Kier molecular flexibility index (Phi) is 1.58. The zero-order valence-corrected chi connectivity index (χ0v) is 7.14. The van der Waals surface area contributed by atoms with E-state index in [1.165, 1.54) is 10.0 Å². The van der Waals surface area contributed by atoms with Crippen molar-refractivity contribution in [3.8, 4) is 0 Å². The SMILES string of the molecule is NC(=O)N1[C@@H]2CC[C@@H](C2)N1C(N)=O. The Labute approximate surface area is 75.4 Å². The van der Waals surface area contributed by atoms with Crippen molar-refractivity contribution in [2.45, 2.75) is 31.3 Å². The van der Waals surface area contributed by atoms with Crippen molar-refractivity contribution in [1.29, 1.82) is 0 Å². The van der Waals surface area contributed by atoms with Crippen LogP contribution in [0.4, 0.5) is 9.59 Å². The highest BCUT2D eigenvalue weighted by Gasteiger charge is 2.47. The normalized spacial score (nSPS) is 31.1. The van der Waals surface area contributed by atoms with Gasteiger partial charge < -0.3 is 11.5 Å². The van der Waals surface area contributed by atoms with Crippen LogP contribution < -0.4 is 11.5 Å². The van der Waals surface area contributed by atoms with E-state index in [4.69, 9.17) is 11.5 Å². The van der Waals surface area contributed by atoms with Gasteiger partial charge in [0, 0.05) is 0 Å². The predicted molar refractivity (Wildman–Crippen MR) is 44.3 cm³/mol. The van der Waals surface area contributed by atoms with Crippen molar-refractivity contribution >= 4 is 12.1 Å². The molecule has 1 saturated carbocycles. The Hall–Kier alpha value is -1.46. The number of urea groups is 2. The highest BCUT2D eigenvalue weighted by atomic mass is 16.2. The van der Waals surface area contributed by atoms with Crippen LogP contribution in [0.1, 0.15) is 19.3 Å². The lowest BCUT2D eigenvalue weighted by atomic mass is 10.2. The van der Waals surface area contributed by atoms with Gasteiger partial charge in [0.15, 0.2) is 0 Å². The number of primary amides is 2. The van der Waals surface area contributed by atoms with Crippen molar-refractivity contribution < 1.29 is 9.59 Å². The zero-order chi connectivity index (χ0) is 9.59. The number of carbonyl (C=O) groups is 2. The molecule has 6 heteroatoms. The van der Waals surface area contributed by atoms with Crippen molar-refractivity contribution in [2.24, 2.45) is 11.5 Å². The molecule has 1 aliphatic carbocycles. The van der Waals surface area contributed by atoms with Gasteiger partial charge in [0.2, 0.25) is 0 Å². The molecule has 6 nitrogen and oxygen atoms in total. The summed E-state index contributed by atoms with van der Waals surface area (Å²) in [6, 6.07) is -1.03. The van der Waals surface area contributed by atoms with Gasteiger partial charge >= 0.3 is 12.1 Å². The lowest BCUT2D eigenvalue weighted by Crippen LogP contribution is -2.56. The standard InChI is InChI=1S/C7H12N4O2/c8-6(12)10-4-1-2-5(3-4)11(10)7(9)13/h4-5H,1-3H2,(H2,8,12)(H2,9,13)/t4-,5+. The number of hydrazine groups is 1. The average molecular weight is 184 g/mol. The van der Waals surface area contributed by atoms with Gasteiger partial charge in [0.1, 0.15) is 0 Å². The predicted octanol–water partition coefficient (Wildman–Crippen LogP) is -0.402. The van der Waals surface area contributed by atoms with Crippen LogP contribution in [0.25, 0.3) is 0 Å². The number of nitrogens with two attached hydrogens (primary N) is 2. The molecule has 0 unspecified atom stereocenters. The van der Waals surface area contributed by atoms with E-state index >= 15 is 0 Å². The third-order valence-corrected chi connectivity index (χ3v) is 2.75. The molecule has 0 aromatic carbocycles. The molecule has 0 aromatic heterocycles. The third-order valence-electron chi connectivity index (χ3n) is 2.75. The first-order valence-electron chi connectivity index (χ1n) is 4.28. The Morgan fingerprint density at radius 3 is 1.69 bits per heavy atom. The average Bonchev–Trinajstić information content (AvgIpc) is 2.60. The van der Waals surface area contributed by atoms with Crippen LogP contribution in [0.5, 0.6) is 0 Å². The van der Waals surface area contributed by atoms with Crippen LogP contribution in [-0.2, 0) is 0 Å². The minimum Gasteiger partial charge on any atom is -0.350 e. The number of fused-ring (bicyclic) bond motifs is 2. The van der Waals surface area contributed by atoms with Crippen LogP contribution in [0.2, 0.25) is 0 Å². The molecule has 72 valence electrons. The summed E-state index contributed by atoms with van der Waals surface area (Å²) in [5, 5.41) is 2.58. The van der Waals surface area contributed by atoms with Crippen LogP contribution in [0.3, 0.4) is 0 Å². The fourth-order valence-electron chi connectivity index (χ4n) is 2.30.